The maximum absolute atomic E-state index is 11.4. The van der Waals surface area contributed by atoms with Gasteiger partial charge in [0.15, 0.2) is 0 Å². The second-order valence-electron chi connectivity index (χ2n) is 3.73. The number of aromatic nitrogens is 1. The van der Waals surface area contributed by atoms with Crippen molar-refractivity contribution in [3.8, 4) is 0 Å². The fourth-order valence-electron chi connectivity index (χ4n) is 1.43. The Labute approximate surface area is 104 Å². The number of pyridine rings is 1. The molecule has 0 saturated carbocycles. The highest BCUT2D eigenvalue weighted by molar-refractivity contribution is 9.10. The van der Waals surface area contributed by atoms with Crippen LogP contribution in [0.3, 0.4) is 0 Å². The van der Waals surface area contributed by atoms with Gasteiger partial charge in [-0.3, -0.25) is 4.79 Å². The summed E-state index contributed by atoms with van der Waals surface area (Å²) in [5.74, 6) is 0.850. The van der Waals surface area contributed by atoms with Crippen molar-refractivity contribution in [1.29, 1.82) is 0 Å². The van der Waals surface area contributed by atoms with Gasteiger partial charge in [-0.2, -0.15) is 0 Å². The molecule has 1 aromatic rings. The van der Waals surface area contributed by atoms with Crippen molar-refractivity contribution in [1.82, 2.24) is 10.3 Å². The van der Waals surface area contributed by atoms with Gasteiger partial charge in [-0.1, -0.05) is 6.92 Å². The molecule has 1 N–H and O–H groups in total. The summed E-state index contributed by atoms with van der Waals surface area (Å²) >= 11 is 3.33. The Morgan fingerprint density at radius 1 is 1.62 bits per heavy atom. The Balaban J connectivity index is 2.61. The molecule has 0 radical (unpaired) electrons. The normalized spacial score (nSPS) is 12.0. The summed E-state index contributed by atoms with van der Waals surface area (Å²) in [7, 11) is 3.58. The highest BCUT2D eigenvalue weighted by atomic mass is 79.9. The lowest BCUT2D eigenvalue weighted by Gasteiger charge is -2.21. The predicted octanol–water partition coefficient (Wildman–Crippen LogP) is 1.66. The monoisotopic (exact) mass is 285 g/mol. The molecule has 0 spiro atoms. The van der Waals surface area contributed by atoms with Gasteiger partial charge in [0, 0.05) is 31.3 Å². The van der Waals surface area contributed by atoms with Gasteiger partial charge in [0.25, 0.3) is 0 Å². The highest BCUT2D eigenvalue weighted by Gasteiger charge is 2.14. The number of amides is 1. The minimum Gasteiger partial charge on any atom is -0.359 e. The van der Waals surface area contributed by atoms with Gasteiger partial charge < -0.3 is 10.2 Å². The van der Waals surface area contributed by atoms with Crippen LogP contribution in [0, 0.1) is 5.92 Å². The Hall–Kier alpha value is -1.10. The predicted molar refractivity (Wildman–Crippen MR) is 68.4 cm³/mol. The van der Waals surface area contributed by atoms with E-state index in [0.29, 0.717) is 6.54 Å². The maximum atomic E-state index is 11.4. The number of carbonyl (C=O) groups is 1. The van der Waals surface area contributed by atoms with Crippen LogP contribution in [0.2, 0.25) is 0 Å². The molecule has 1 unspecified atom stereocenters. The molecule has 1 heterocycles. The smallest absolute Gasteiger partial charge is 0.224 e. The quantitative estimate of drug-likeness (QED) is 0.915. The summed E-state index contributed by atoms with van der Waals surface area (Å²) in [6.07, 6.45) is 1.75. The molecule has 1 aromatic heterocycles. The van der Waals surface area contributed by atoms with E-state index in [1.165, 1.54) is 0 Å². The molecule has 16 heavy (non-hydrogen) atoms. The minimum absolute atomic E-state index is 0.0453. The number of hydrogen-bond acceptors (Lipinski definition) is 3. The fraction of sp³-hybridized carbons (Fsp3) is 0.455. The number of nitrogens with one attached hydrogen (secondary N) is 1. The van der Waals surface area contributed by atoms with E-state index in [9.17, 15) is 4.79 Å². The van der Waals surface area contributed by atoms with E-state index in [2.05, 4.69) is 26.2 Å². The SMILES string of the molecule is CNC(=O)C(C)CN(C)c1ccc(Br)cn1. The third-order valence-corrected chi connectivity index (χ3v) is 2.81. The van der Waals surface area contributed by atoms with Gasteiger partial charge in [0.2, 0.25) is 5.91 Å². The van der Waals surface area contributed by atoms with E-state index < -0.39 is 0 Å². The Kier molecular flexibility index (Phi) is 4.73. The van der Waals surface area contributed by atoms with E-state index in [-0.39, 0.29) is 11.8 Å². The van der Waals surface area contributed by atoms with Crippen molar-refractivity contribution in [2.45, 2.75) is 6.92 Å². The molecule has 1 amide bonds. The molecule has 88 valence electrons. The first kappa shape index (κ1) is 13.0. The van der Waals surface area contributed by atoms with Gasteiger partial charge in [0.05, 0.1) is 5.92 Å². The van der Waals surface area contributed by atoms with Crippen LogP contribution in [0.5, 0.6) is 0 Å². The molecule has 4 nitrogen and oxygen atoms in total. The number of hydrogen-bond donors (Lipinski definition) is 1. The molecule has 0 aliphatic carbocycles. The van der Waals surface area contributed by atoms with E-state index in [1.807, 2.05) is 31.0 Å². The van der Waals surface area contributed by atoms with Crippen LogP contribution in [-0.4, -0.2) is 31.5 Å². The Morgan fingerprint density at radius 3 is 2.81 bits per heavy atom. The van der Waals surface area contributed by atoms with E-state index in [4.69, 9.17) is 0 Å². The van der Waals surface area contributed by atoms with Gasteiger partial charge in [-0.25, -0.2) is 4.98 Å². The van der Waals surface area contributed by atoms with E-state index >= 15 is 0 Å². The fourth-order valence-corrected chi connectivity index (χ4v) is 1.66. The molecule has 0 aliphatic heterocycles. The molecule has 1 atom stereocenters. The zero-order valence-corrected chi connectivity index (χ0v) is 11.3. The largest absolute Gasteiger partial charge is 0.359 e. The highest BCUT2D eigenvalue weighted by Crippen LogP contribution is 2.14. The number of carbonyl (C=O) groups excluding carboxylic acids is 1. The van der Waals surface area contributed by atoms with Crippen LogP contribution < -0.4 is 10.2 Å². The standard InChI is InChI=1S/C11H16BrN3O/c1-8(11(16)13-2)7-15(3)10-5-4-9(12)6-14-10/h4-6,8H,7H2,1-3H3,(H,13,16). The maximum Gasteiger partial charge on any atom is 0.224 e. The second-order valence-corrected chi connectivity index (χ2v) is 4.65. The van der Waals surface area contributed by atoms with E-state index in [1.54, 1.807) is 13.2 Å². The van der Waals surface area contributed by atoms with Crippen LogP contribution in [0.15, 0.2) is 22.8 Å². The van der Waals surface area contributed by atoms with Crippen molar-refractivity contribution in [2.24, 2.45) is 5.92 Å². The minimum atomic E-state index is -0.0551. The molecule has 0 fully saturated rings. The zero-order chi connectivity index (χ0) is 12.1. The first-order chi connectivity index (χ1) is 7.54. The lowest BCUT2D eigenvalue weighted by Crippen LogP contribution is -2.34. The number of nitrogens with zero attached hydrogens (tertiary/aromatic N) is 2. The van der Waals surface area contributed by atoms with Gasteiger partial charge in [0.1, 0.15) is 5.82 Å². The zero-order valence-electron chi connectivity index (χ0n) is 9.70. The van der Waals surface area contributed by atoms with Crippen LogP contribution in [0.4, 0.5) is 5.82 Å². The van der Waals surface area contributed by atoms with Gasteiger partial charge >= 0.3 is 0 Å². The first-order valence-electron chi connectivity index (χ1n) is 5.09. The van der Waals surface area contributed by atoms with Crippen molar-refractivity contribution < 1.29 is 4.79 Å². The van der Waals surface area contributed by atoms with Gasteiger partial charge in [-0.15, -0.1) is 0 Å². The average molecular weight is 286 g/mol. The van der Waals surface area contributed by atoms with Crippen molar-refractivity contribution >= 4 is 27.7 Å². The van der Waals surface area contributed by atoms with Crippen LogP contribution in [-0.2, 0) is 4.79 Å². The molecule has 0 bridgehead atoms. The lowest BCUT2D eigenvalue weighted by molar-refractivity contribution is -0.123. The number of anilines is 1. The summed E-state index contributed by atoms with van der Waals surface area (Å²) in [6, 6.07) is 3.85. The molecular weight excluding hydrogens is 270 g/mol. The van der Waals surface area contributed by atoms with Gasteiger partial charge in [-0.05, 0) is 28.1 Å². The molecule has 1 rings (SSSR count). The average Bonchev–Trinajstić information content (AvgIpc) is 2.28. The summed E-state index contributed by atoms with van der Waals surface area (Å²) in [6.45, 7) is 2.54. The molecule has 0 aliphatic rings. The molecule has 0 aromatic carbocycles. The van der Waals surface area contributed by atoms with Crippen molar-refractivity contribution in [3.05, 3.63) is 22.8 Å². The van der Waals surface area contributed by atoms with E-state index in [0.717, 1.165) is 10.3 Å². The third-order valence-electron chi connectivity index (χ3n) is 2.34. The topological polar surface area (TPSA) is 45.2 Å². The Morgan fingerprint density at radius 2 is 2.31 bits per heavy atom. The Bertz CT molecular complexity index is 353. The number of halogens is 1. The van der Waals surface area contributed by atoms with Crippen LogP contribution in [0.25, 0.3) is 0 Å². The van der Waals surface area contributed by atoms with Crippen LogP contribution >= 0.6 is 15.9 Å². The molecule has 0 saturated heterocycles. The summed E-state index contributed by atoms with van der Waals surface area (Å²) in [5, 5.41) is 2.64. The molecule has 5 heteroatoms. The van der Waals surface area contributed by atoms with Crippen molar-refractivity contribution in [3.63, 3.8) is 0 Å². The second kappa shape index (κ2) is 5.84. The summed E-state index contributed by atoms with van der Waals surface area (Å²) < 4.78 is 0.948. The molecular formula is C11H16BrN3O. The summed E-state index contributed by atoms with van der Waals surface area (Å²) in [5.41, 5.74) is 0. The van der Waals surface area contributed by atoms with Crippen molar-refractivity contribution in [2.75, 3.05) is 25.5 Å². The first-order valence-corrected chi connectivity index (χ1v) is 5.88. The van der Waals surface area contributed by atoms with Crippen LogP contribution in [0.1, 0.15) is 6.92 Å². The number of rotatable bonds is 4. The lowest BCUT2D eigenvalue weighted by atomic mass is 10.1. The summed E-state index contributed by atoms with van der Waals surface area (Å²) in [4.78, 5) is 17.6. The third kappa shape index (κ3) is 3.48.